The van der Waals surface area contributed by atoms with E-state index in [1.165, 1.54) is 0 Å². The summed E-state index contributed by atoms with van der Waals surface area (Å²) >= 11 is 1.60. The van der Waals surface area contributed by atoms with Crippen molar-refractivity contribution >= 4 is 23.6 Å². The Balaban J connectivity index is 1.66. The highest BCUT2D eigenvalue weighted by atomic mass is 32.2. The van der Waals surface area contributed by atoms with Crippen LogP contribution in [-0.4, -0.2) is 46.8 Å². The van der Waals surface area contributed by atoms with E-state index in [0.717, 1.165) is 10.6 Å². The van der Waals surface area contributed by atoms with Crippen molar-refractivity contribution in [2.45, 2.75) is 17.4 Å². The number of hydrogen-bond acceptors (Lipinski definition) is 4. The van der Waals surface area contributed by atoms with Gasteiger partial charge in [0.1, 0.15) is 5.75 Å². The van der Waals surface area contributed by atoms with Crippen LogP contribution >= 0.6 is 11.8 Å². The van der Waals surface area contributed by atoms with Crippen LogP contribution < -0.4 is 4.74 Å². The monoisotopic (exact) mass is 293 g/mol. The molecule has 106 valence electrons. The molecule has 1 fully saturated rings. The van der Waals surface area contributed by atoms with Crippen molar-refractivity contribution < 1.29 is 19.4 Å². The molecule has 1 aromatic rings. The number of likely N-dealkylation sites (tertiary alicyclic amines) is 1. The first-order chi connectivity index (χ1) is 9.65. The zero-order valence-corrected chi connectivity index (χ0v) is 11.6. The Morgan fingerprint density at radius 3 is 2.90 bits per heavy atom. The molecule has 2 heterocycles. The summed E-state index contributed by atoms with van der Waals surface area (Å²) < 4.78 is 5.74. The van der Waals surface area contributed by atoms with Gasteiger partial charge in [-0.2, -0.15) is 0 Å². The molecule has 6 heteroatoms. The van der Waals surface area contributed by atoms with Crippen molar-refractivity contribution in [1.29, 1.82) is 0 Å². The minimum absolute atomic E-state index is 0.101. The lowest BCUT2D eigenvalue weighted by molar-refractivity contribution is -0.142. The molecule has 20 heavy (non-hydrogen) atoms. The van der Waals surface area contributed by atoms with Gasteiger partial charge in [-0.25, -0.2) is 0 Å². The van der Waals surface area contributed by atoms with Gasteiger partial charge in [0.25, 0.3) is 5.91 Å². The minimum Gasteiger partial charge on any atom is -0.481 e. The van der Waals surface area contributed by atoms with Crippen LogP contribution in [0.3, 0.4) is 0 Å². The van der Waals surface area contributed by atoms with E-state index in [-0.39, 0.29) is 5.91 Å². The summed E-state index contributed by atoms with van der Waals surface area (Å²) in [6.45, 7) is 0.794. The number of aliphatic carboxylic acids is 1. The van der Waals surface area contributed by atoms with E-state index in [1.54, 1.807) is 16.7 Å². The van der Waals surface area contributed by atoms with E-state index in [4.69, 9.17) is 9.84 Å². The van der Waals surface area contributed by atoms with Crippen LogP contribution in [0.5, 0.6) is 5.75 Å². The highest BCUT2D eigenvalue weighted by molar-refractivity contribution is 7.99. The van der Waals surface area contributed by atoms with Crippen LogP contribution in [0.1, 0.15) is 6.42 Å². The maximum absolute atomic E-state index is 12.4. The molecular formula is C14H15NO4S. The predicted octanol–water partition coefficient (Wildman–Crippen LogP) is 1.47. The highest BCUT2D eigenvalue weighted by Gasteiger charge is 2.36. The zero-order chi connectivity index (χ0) is 14.1. The molecule has 5 nitrogen and oxygen atoms in total. The lowest BCUT2D eigenvalue weighted by atomic mass is 10.1. The zero-order valence-electron chi connectivity index (χ0n) is 10.8. The maximum atomic E-state index is 12.4. The lowest BCUT2D eigenvalue weighted by Crippen LogP contribution is -2.43. The molecule has 0 aliphatic carbocycles. The molecule has 1 saturated heterocycles. The minimum atomic E-state index is -0.829. The van der Waals surface area contributed by atoms with Gasteiger partial charge >= 0.3 is 5.97 Å². The normalized spacial score (nSPS) is 24.9. The quantitative estimate of drug-likeness (QED) is 0.894. The summed E-state index contributed by atoms with van der Waals surface area (Å²) in [6, 6.07) is 7.64. The SMILES string of the molecule is O=C(O)[C@@H]1CCN(C(=O)[C@@H]2CSc3ccccc3O2)C1. The number of thioether (sulfide) groups is 1. The van der Waals surface area contributed by atoms with E-state index in [9.17, 15) is 9.59 Å². The largest absolute Gasteiger partial charge is 0.481 e. The lowest BCUT2D eigenvalue weighted by Gasteiger charge is -2.28. The van der Waals surface area contributed by atoms with Gasteiger partial charge in [-0.05, 0) is 18.6 Å². The topological polar surface area (TPSA) is 66.8 Å². The molecule has 0 bridgehead atoms. The van der Waals surface area contributed by atoms with Crippen molar-refractivity contribution in [3.05, 3.63) is 24.3 Å². The molecule has 1 N–H and O–H groups in total. The van der Waals surface area contributed by atoms with E-state index >= 15 is 0 Å². The number of fused-ring (bicyclic) bond motifs is 1. The molecule has 3 rings (SSSR count). The maximum Gasteiger partial charge on any atom is 0.308 e. The summed E-state index contributed by atoms with van der Waals surface area (Å²) in [5.41, 5.74) is 0. The summed E-state index contributed by atoms with van der Waals surface area (Å²) in [5, 5.41) is 8.98. The van der Waals surface area contributed by atoms with Crippen LogP contribution in [0.4, 0.5) is 0 Å². The third kappa shape index (κ3) is 2.47. The number of carbonyl (C=O) groups excluding carboxylic acids is 1. The number of ether oxygens (including phenoxy) is 1. The molecule has 0 saturated carbocycles. The van der Waals surface area contributed by atoms with Crippen LogP contribution in [0.15, 0.2) is 29.2 Å². The number of carboxylic acids is 1. The third-order valence-electron chi connectivity index (χ3n) is 3.63. The van der Waals surface area contributed by atoms with Gasteiger partial charge in [0, 0.05) is 23.7 Å². The molecule has 2 aliphatic rings. The summed E-state index contributed by atoms with van der Waals surface area (Å²) in [7, 11) is 0. The number of amides is 1. The van der Waals surface area contributed by atoms with Gasteiger partial charge in [0.15, 0.2) is 6.10 Å². The molecule has 1 amide bonds. The van der Waals surface area contributed by atoms with Gasteiger partial charge in [-0.15, -0.1) is 11.8 Å². The third-order valence-corrected chi connectivity index (χ3v) is 4.75. The highest BCUT2D eigenvalue weighted by Crippen LogP contribution is 2.35. The first-order valence-electron chi connectivity index (χ1n) is 6.55. The second-order valence-electron chi connectivity index (χ2n) is 4.97. The predicted molar refractivity (Wildman–Crippen MR) is 73.9 cm³/mol. The Labute approximate surface area is 120 Å². The molecule has 0 unspecified atom stereocenters. The fourth-order valence-electron chi connectivity index (χ4n) is 2.51. The average molecular weight is 293 g/mol. The number of carbonyl (C=O) groups is 2. The summed E-state index contributed by atoms with van der Waals surface area (Å²) in [4.78, 5) is 26.0. The summed E-state index contributed by atoms with van der Waals surface area (Å²) in [6.07, 6.45) is 0.0137. The van der Waals surface area contributed by atoms with Crippen molar-refractivity contribution in [3.8, 4) is 5.75 Å². The van der Waals surface area contributed by atoms with Crippen molar-refractivity contribution in [2.75, 3.05) is 18.8 Å². The average Bonchev–Trinajstić information content (AvgIpc) is 2.96. The van der Waals surface area contributed by atoms with Gasteiger partial charge in [-0.3, -0.25) is 9.59 Å². The standard InChI is InChI=1S/C14H15NO4S/c16-13(15-6-5-9(7-15)14(17)18)11-8-20-12-4-2-1-3-10(12)19-11/h1-4,9,11H,5-8H2,(H,17,18)/t9-,11+/m1/s1. The van der Waals surface area contributed by atoms with E-state index < -0.39 is 18.0 Å². The Morgan fingerprint density at radius 1 is 1.35 bits per heavy atom. The van der Waals surface area contributed by atoms with Gasteiger partial charge in [-0.1, -0.05) is 12.1 Å². The molecule has 2 atom stereocenters. The molecule has 1 aromatic carbocycles. The van der Waals surface area contributed by atoms with E-state index in [0.29, 0.717) is 25.3 Å². The second-order valence-corrected chi connectivity index (χ2v) is 6.03. The van der Waals surface area contributed by atoms with E-state index in [1.807, 2.05) is 24.3 Å². The fourth-order valence-corrected chi connectivity index (χ4v) is 3.48. The summed E-state index contributed by atoms with van der Waals surface area (Å²) in [5.74, 6) is -0.0664. The number of rotatable bonds is 2. The Bertz CT molecular complexity index is 548. The van der Waals surface area contributed by atoms with Crippen LogP contribution in [0, 0.1) is 5.92 Å². The van der Waals surface area contributed by atoms with Crippen molar-refractivity contribution in [1.82, 2.24) is 4.90 Å². The van der Waals surface area contributed by atoms with Crippen molar-refractivity contribution in [2.24, 2.45) is 5.92 Å². The molecule has 0 spiro atoms. The van der Waals surface area contributed by atoms with E-state index in [2.05, 4.69) is 0 Å². The van der Waals surface area contributed by atoms with Crippen molar-refractivity contribution in [3.63, 3.8) is 0 Å². The smallest absolute Gasteiger partial charge is 0.308 e. The van der Waals surface area contributed by atoms with Gasteiger partial charge in [0.2, 0.25) is 0 Å². The molecular weight excluding hydrogens is 278 g/mol. The Hall–Kier alpha value is -1.69. The molecule has 0 aromatic heterocycles. The number of nitrogens with zero attached hydrogens (tertiary/aromatic N) is 1. The number of para-hydroxylation sites is 1. The first-order valence-corrected chi connectivity index (χ1v) is 7.54. The number of carboxylic acid groups (broad SMARTS) is 1. The Morgan fingerprint density at radius 2 is 2.15 bits per heavy atom. The molecule has 2 aliphatic heterocycles. The van der Waals surface area contributed by atoms with Gasteiger partial charge in [0.05, 0.1) is 5.92 Å². The van der Waals surface area contributed by atoms with Gasteiger partial charge < -0.3 is 14.7 Å². The number of benzene rings is 1. The van der Waals surface area contributed by atoms with Crippen LogP contribution in [0.2, 0.25) is 0 Å². The number of hydrogen-bond donors (Lipinski definition) is 1. The molecule has 0 radical (unpaired) electrons. The fraction of sp³-hybridized carbons (Fsp3) is 0.429. The first kappa shape index (κ1) is 13.3. The van der Waals surface area contributed by atoms with Crippen LogP contribution in [-0.2, 0) is 9.59 Å². The van der Waals surface area contributed by atoms with Crippen LogP contribution in [0.25, 0.3) is 0 Å². The second kappa shape index (κ2) is 5.36. The Kier molecular flexibility index (Phi) is 3.56.